The van der Waals surface area contributed by atoms with Crippen LogP contribution in [-0.4, -0.2) is 62.7 Å². The summed E-state index contributed by atoms with van der Waals surface area (Å²) in [4.78, 5) is 23.8. The highest BCUT2D eigenvalue weighted by molar-refractivity contribution is 7.45. The maximum Gasteiger partial charge on any atom is 0.320 e. The van der Waals surface area contributed by atoms with Gasteiger partial charge in [-0.25, -0.2) is 37.6 Å². The number of ether oxygens (including phenoxy) is 2. The summed E-state index contributed by atoms with van der Waals surface area (Å²) in [6.07, 6.45) is -5.33. The van der Waals surface area contributed by atoms with Crippen LogP contribution in [0.1, 0.15) is 26.5 Å². The van der Waals surface area contributed by atoms with Crippen molar-refractivity contribution >= 4 is 42.2 Å². The van der Waals surface area contributed by atoms with Gasteiger partial charge in [0.15, 0.2) is 17.1 Å². The summed E-state index contributed by atoms with van der Waals surface area (Å²) in [6, 6.07) is 12.4. The predicted molar refractivity (Wildman–Crippen MR) is 145 cm³/mol. The van der Waals surface area contributed by atoms with E-state index >= 15 is 8.78 Å². The summed E-state index contributed by atoms with van der Waals surface area (Å²) < 4.78 is 82.8. The maximum atomic E-state index is 15.3. The Kier molecular flexibility index (Phi) is 8.46. The fourth-order valence-corrected chi connectivity index (χ4v) is 5.63. The maximum absolute atomic E-state index is 15.3. The zero-order chi connectivity index (χ0) is 30.1. The molecule has 1 aliphatic rings. The number of nitrogens with zero attached hydrogens (tertiary/aromatic N) is 4. The molecule has 0 amide bonds. The topological polar surface area (TPSA) is 136 Å². The third kappa shape index (κ3) is 6.09. The number of imidazole rings is 1. The molecule has 1 fully saturated rings. The number of carbonyl (C=O) groups is 1. The van der Waals surface area contributed by atoms with Crippen molar-refractivity contribution in [3.63, 3.8) is 0 Å². The van der Waals surface area contributed by atoms with E-state index in [0.717, 1.165) is 22.6 Å². The number of halogens is 4. The number of nitrogen functional groups attached to an aromatic ring is 1. The van der Waals surface area contributed by atoms with Gasteiger partial charge in [0.1, 0.15) is 24.1 Å². The molecule has 2 aromatic heterocycles. The summed E-state index contributed by atoms with van der Waals surface area (Å²) in [5.74, 6) is -4.17. The van der Waals surface area contributed by atoms with E-state index in [1.165, 1.54) is 0 Å². The summed E-state index contributed by atoms with van der Waals surface area (Å²) in [5.41, 5.74) is 2.92. The lowest BCUT2D eigenvalue weighted by Gasteiger charge is -2.29. The van der Waals surface area contributed by atoms with E-state index in [-0.39, 0.29) is 17.0 Å². The minimum atomic E-state index is -3.78. The molecule has 0 aliphatic carbocycles. The van der Waals surface area contributed by atoms with Crippen LogP contribution in [0.15, 0.2) is 55.1 Å². The lowest BCUT2D eigenvalue weighted by atomic mass is 10.00. The molecule has 3 N–H and O–H groups in total. The summed E-state index contributed by atoms with van der Waals surface area (Å²) >= 11 is 0. The Morgan fingerprint density at radius 3 is 2.71 bits per heavy atom. The average molecular weight is 611 g/mol. The molecule has 11 nitrogen and oxygen atoms in total. The van der Waals surface area contributed by atoms with E-state index in [4.69, 9.17) is 24.3 Å². The lowest BCUT2D eigenvalue weighted by Crippen LogP contribution is -2.42. The molecule has 0 spiro atoms. The minimum Gasteiger partial charge on any atom is -0.462 e. The number of hydrogen-bond acceptors (Lipinski definition) is 10. The molecule has 0 bridgehead atoms. The number of aromatic nitrogens is 4. The van der Waals surface area contributed by atoms with Gasteiger partial charge in [-0.15, -0.1) is 0 Å². The van der Waals surface area contributed by atoms with Crippen LogP contribution in [0.25, 0.3) is 21.9 Å². The first-order chi connectivity index (χ1) is 20.0. The Labute approximate surface area is 238 Å². The number of nitrogens with two attached hydrogens (primary N) is 1. The number of rotatable bonds is 11. The van der Waals surface area contributed by atoms with Gasteiger partial charge >= 0.3 is 14.5 Å². The molecule has 5 rings (SSSR count). The van der Waals surface area contributed by atoms with Crippen LogP contribution in [0.4, 0.5) is 23.4 Å². The van der Waals surface area contributed by atoms with Gasteiger partial charge in [0.2, 0.25) is 6.23 Å². The van der Waals surface area contributed by atoms with E-state index in [1.54, 1.807) is 38.1 Å². The van der Waals surface area contributed by atoms with Gasteiger partial charge in [0.25, 0.3) is 12.3 Å². The average Bonchev–Trinajstić information content (AvgIpc) is 3.49. The normalized spacial score (nSPS) is 20.9. The van der Waals surface area contributed by atoms with Crippen molar-refractivity contribution in [3.05, 3.63) is 55.1 Å². The van der Waals surface area contributed by atoms with Crippen LogP contribution >= 0.6 is 8.53 Å². The number of anilines is 1. The van der Waals surface area contributed by atoms with Crippen molar-refractivity contribution in [2.75, 3.05) is 18.9 Å². The fraction of sp³-hybridized carbons (Fsp3) is 0.385. The van der Waals surface area contributed by atoms with E-state index in [0.29, 0.717) is 11.1 Å². The second-order valence-electron chi connectivity index (χ2n) is 9.83. The van der Waals surface area contributed by atoms with Gasteiger partial charge in [-0.2, -0.15) is 0 Å². The number of hydrogen-bond donors (Lipinski definition) is 2. The van der Waals surface area contributed by atoms with Gasteiger partial charge in [0.05, 0.1) is 25.5 Å². The van der Waals surface area contributed by atoms with E-state index in [1.807, 2.05) is 18.2 Å². The van der Waals surface area contributed by atoms with Crippen LogP contribution in [0.2, 0.25) is 0 Å². The first kappa shape index (κ1) is 29.8. The molecular weight excluding hydrogens is 583 g/mol. The smallest absolute Gasteiger partial charge is 0.320 e. The van der Waals surface area contributed by atoms with Gasteiger partial charge in [-0.1, -0.05) is 36.4 Å². The fourth-order valence-electron chi connectivity index (χ4n) is 4.49. The second-order valence-corrected chi connectivity index (χ2v) is 11.1. The second kappa shape index (κ2) is 11.9. The first-order valence-corrected chi connectivity index (χ1v) is 14.0. The Morgan fingerprint density at radius 2 is 1.95 bits per heavy atom. The third-order valence-electron chi connectivity index (χ3n) is 6.36. The molecule has 3 atom stereocenters. The number of benzene rings is 2. The van der Waals surface area contributed by atoms with Crippen molar-refractivity contribution in [1.82, 2.24) is 24.6 Å². The number of alkyl halides is 4. The number of nitrogens with one attached hydrogen (secondary N) is 1. The molecule has 1 saturated heterocycles. The van der Waals surface area contributed by atoms with Crippen LogP contribution in [0.3, 0.4) is 0 Å². The summed E-state index contributed by atoms with van der Waals surface area (Å²) in [7, 11) is -2.33. The highest BCUT2D eigenvalue weighted by Crippen LogP contribution is 2.52. The van der Waals surface area contributed by atoms with E-state index in [2.05, 4.69) is 20.0 Å². The first-order valence-electron chi connectivity index (χ1n) is 12.8. The number of esters is 1. The molecule has 224 valence electrons. The van der Waals surface area contributed by atoms with Gasteiger partial charge in [-0.3, -0.25) is 9.36 Å². The SMILES string of the molecule is CC(C)OC(=O)CNP(OCC1(C(F)F)CC(F)(F)C(n2cnc3c(N)ncnc32)O1)Oc1cccc2ccccc12. The molecule has 16 heteroatoms. The van der Waals surface area contributed by atoms with Gasteiger partial charge in [-0.05, 0) is 25.3 Å². The Balaban J connectivity index is 1.40. The van der Waals surface area contributed by atoms with Gasteiger partial charge in [0, 0.05) is 5.39 Å². The molecular formula is C26H27F4N6O5P. The summed E-state index contributed by atoms with van der Waals surface area (Å²) in [5, 5.41) is 4.23. The molecule has 2 aromatic carbocycles. The molecule has 4 aromatic rings. The molecule has 3 unspecified atom stereocenters. The largest absolute Gasteiger partial charge is 0.462 e. The molecule has 1 aliphatic heterocycles. The van der Waals surface area contributed by atoms with Crippen molar-refractivity contribution in [1.29, 1.82) is 0 Å². The van der Waals surface area contributed by atoms with Crippen molar-refractivity contribution in [2.45, 2.75) is 50.5 Å². The minimum absolute atomic E-state index is 0.0205. The standard InChI is InChI=1S/C26H27F4N6O5P/c1-15(2)39-19(37)10-35-42(41-18-9-5-7-16-6-3-4-8-17(16)18)38-12-25(23(27)28)11-26(29,30)24(40-25)36-14-34-20-21(31)32-13-33-22(20)36/h3-9,13-15,23-24,35H,10-12H2,1-2H3,(H2,31,32,33). The van der Waals surface area contributed by atoms with Crippen LogP contribution in [0, 0.1) is 0 Å². The quantitative estimate of drug-likeness (QED) is 0.136. The van der Waals surface area contributed by atoms with Crippen LogP contribution < -0.4 is 15.3 Å². The Morgan fingerprint density at radius 1 is 1.19 bits per heavy atom. The van der Waals surface area contributed by atoms with Crippen molar-refractivity contribution in [3.8, 4) is 5.75 Å². The van der Waals surface area contributed by atoms with Crippen molar-refractivity contribution in [2.24, 2.45) is 0 Å². The zero-order valence-corrected chi connectivity index (χ0v) is 23.3. The highest BCUT2D eigenvalue weighted by atomic mass is 31.2. The van der Waals surface area contributed by atoms with E-state index < -0.39 is 64.3 Å². The van der Waals surface area contributed by atoms with Crippen molar-refractivity contribution < 1.29 is 40.9 Å². The summed E-state index contributed by atoms with van der Waals surface area (Å²) in [6.45, 7) is 1.93. The number of carbonyl (C=O) groups excluding carboxylic acids is 1. The number of fused-ring (bicyclic) bond motifs is 2. The monoisotopic (exact) mass is 610 g/mol. The molecule has 3 heterocycles. The van der Waals surface area contributed by atoms with E-state index in [9.17, 15) is 13.6 Å². The lowest BCUT2D eigenvalue weighted by molar-refractivity contribution is -0.178. The Bertz CT molecular complexity index is 1570. The zero-order valence-electron chi connectivity index (χ0n) is 22.4. The molecule has 0 radical (unpaired) electrons. The molecule has 0 saturated carbocycles. The van der Waals surface area contributed by atoms with Crippen LogP contribution in [-0.2, 0) is 18.8 Å². The highest BCUT2D eigenvalue weighted by Gasteiger charge is 2.63. The molecule has 42 heavy (non-hydrogen) atoms. The van der Waals surface area contributed by atoms with Crippen LogP contribution in [0.5, 0.6) is 5.75 Å². The third-order valence-corrected chi connectivity index (χ3v) is 7.50. The van der Waals surface area contributed by atoms with Gasteiger partial charge < -0.3 is 24.3 Å². The predicted octanol–water partition coefficient (Wildman–Crippen LogP) is 4.98. The Hall–Kier alpha value is -3.65.